The molecule has 4 nitrogen and oxygen atoms in total. The predicted octanol–water partition coefficient (Wildman–Crippen LogP) is 2.07. The van der Waals surface area contributed by atoms with Crippen molar-refractivity contribution in [1.29, 1.82) is 0 Å². The van der Waals surface area contributed by atoms with Crippen molar-refractivity contribution in [3.05, 3.63) is 36.4 Å². The number of benzene rings is 1. The van der Waals surface area contributed by atoms with E-state index < -0.39 is 0 Å². The predicted molar refractivity (Wildman–Crippen MR) is 61.3 cm³/mol. The fourth-order valence-corrected chi connectivity index (χ4v) is 1.45. The van der Waals surface area contributed by atoms with Gasteiger partial charge in [-0.15, -0.1) is 0 Å². The summed E-state index contributed by atoms with van der Waals surface area (Å²) in [6.45, 7) is 0.629. The molecule has 0 amide bonds. The van der Waals surface area contributed by atoms with Crippen LogP contribution in [-0.4, -0.2) is 19.1 Å². The van der Waals surface area contributed by atoms with Gasteiger partial charge in [0.05, 0.1) is 19.9 Å². The zero-order valence-electron chi connectivity index (χ0n) is 9.36. The van der Waals surface area contributed by atoms with Crippen LogP contribution < -0.4 is 10.1 Å². The maximum absolute atomic E-state index is 5.58. The van der Waals surface area contributed by atoms with Crippen LogP contribution in [0.2, 0.25) is 0 Å². The number of methoxy groups -OCH3 is 1. The second-order valence-electron chi connectivity index (χ2n) is 3.38. The van der Waals surface area contributed by atoms with Gasteiger partial charge < -0.3 is 14.5 Å². The van der Waals surface area contributed by atoms with E-state index in [1.165, 1.54) is 0 Å². The molecule has 2 rings (SSSR count). The van der Waals surface area contributed by atoms with Crippen LogP contribution in [0.5, 0.6) is 5.75 Å². The number of nitrogens with one attached hydrogen (secondary N) is 1. The Hall–Kier alpha value is -1.81. The second-order valence-corrected chi connectivity index (χ2v) is 3.38. The van der Waals surface area contributed by atoms with Gasteiger partial charge in [-0.1, -0.05) is 12.1 Å². The summed E-state index contributed by atoms with van der Waals surface area (Å²) in [5.74, 6) is 2.24. The first-order chi connectivity index (χ1) is 7.83. The van der Waals surface area contributed by atoms with Gasteiger partial charge in [0.1, 0.15) is 5.75 Å². The Balaban J connectivity index is 2.27. The Kier molecular flexibility index (Phi) is 3.22. The van der Waals surface area contributed by atoms with Crippen LogP contribution in [0.25, 0.3) is 11.3 Å². The molecule has 0 aliphatic heterocycles. The van der Waals surface area contributed by atoms with Crippen molar-refractivity contribution >= 4 is 0 Å². The number of nitrogens with zero attached hydrogens (tertiary/aromatic N) is 1. The molecule has 2 aromatic rings. The van der Waals surface area contributed by atoms with Crippen LogP contribution in [0.3, 0.4) is 0 Å². The first kappa shape index (κ1) is 10.7. The summed E-state index contributed by atoms with van der Waals surface area (Å²) in [4.78, 5) is 4.17. The van der Waals surface area contributed by atoms with Gasteiger partial charge in [0.15, 0.2) is 5.76 Å². The molecule has 0 atom stereocenters. The second kappa shape index (κ2) is 4.81. The summed E-state index contributed by atoms with van der Waals surface area (Å²) in [6.07, 6.45) is 1.72. The largest absolute Gasteiger partial charge is 0.497 e. The fourth-order valence-electron chi connectivity index (χ4n) is 1.45. The van der Waals surface area contributed by atoms with Gasteiger partial charge in [-0.25, -0.2) is 4.98 Å². The zero-order chi connectivity index (χ0) is 11.4. The molecule has 1 heterocycles. The van der Waals surface area contributed by atoms with Crippen molar-refractivity contribution < 1.29 is 9.15 Å². The quantitative estimate of drug-likeness (QED) is 0.853. The summed E-state index contributed by atoms with van der Waals surface area (Å²) in [7, 11) is 3.50. The molecular weight excluding hydrogens is 204 g/mol. The maximum Gasteiger partial charge on any atom is 0.208 e. The summed E-state index contributed by atoms with van der Waals surface area (Å²) in [6, 6.07) is 7.71. The van der Waals surface area contributed by atoms with Crippen LogP contribution >= 0.6 is 0 Å². The van der Waals surface area contributed by atoms with Crippen LogP contribution in [0.15, 0.2) is 34.9 Å². The van der Waals surface area contributed by atoms with E-state index >= 15 is 0 Å². The lowest BCUT2D eigenvalue weighted by atomic mass is 10.2. The molecule has 0 spiro atoms. The van der Waals surface area contributed by atoms with Crippen molar-refractivity contribution in [1.82, 2.24) is 10.3 Å². The third kappa shape index (κ3) is 2.23. The highest BCUT2D eigenvalue weighted by atomic mass is 16.5. The van der Waals surface area contributed by atoms with Crippen molar-refractivity contribution in [3.8, 4) is 17.1 Å². The molecule has 0 aliphatic carbocycles. The summed E-state index contributed by atoms with van der Waals surface area (Å²) in [5, 5.41) is 2.99. The number of hydrogen-bond acceptors (Lipinski definition) is 4. The Morgan fingerprint density at radius 3 is 3.06 bits per heavy atom. The first-order valence-corrected chi connectivity index (χ1v) is 5.07. The van der Waals surface area contributed by atoms with Gasteiger partial charge in [0, 0.05) is 5.56 Å². The van der Waals surface area contributed by atoms with Crippen molar-refractivity contribution in [2.75, 3.05) is 14.2 Å². The topological polar surface area (TPSA) is 47.3 Å². The van der Waals surface area contributed by atoms with Crippen molar-refractivity contribution in [2.45, 2.75) is 6.54 Å². The molecule has 0 unspecified atom stereocenters. The lowest BCUT2D eigenvalue weighted by Crippen LogP contribution is -2.04. The molecule has 16 heavy (non-hydrogen) atoms. The Labute approximate surface area is 94.3 Å². The summed E-state index contributed by atoms with van der Waals surface area (Å²) >= 11 is 0. The summed E-state index contributed by atoms with van der Waals surface area (Å²) in [5.41, 5.74) is 0.967. The number of hydrogen-bond donors (Lipinski definition) is 1. The highest BCUT2D eigenvalue weighted by Crippen LogP contribution is 2.24. The van der Waals surface area contributed by atoms with E-state index in [-0.39, 0.29) is 0 Å². The minimum Gasteiger partial charge on any atom is -0.497 e. The maximum atomic E-state index is 5.58. The van der Waals surface area contributed by atoms with Crippen LogP contribution in [0, 0.1) is 0 Å². The number of ether oxygens (including phenoxy) is 1. The molecule has 0 aliphatic rings. The Bertz CT molecular complexity index is 466. The average molecular weight is 218 g/mol. The highest BCUT2D eigenvalue weighted by Gasteiger charge is 2.06. The van der Waals surface area contributed by atoms with E-state index in [9.17, 15) is 0 Å². The number of rotatable bonds is 4. The number of oxazole rings is 1. The molecule has 0 saturated carbocycles. The van der Waals surface area contributed by atoms with E-state index in [2.05, 4.69) is 10.3 Å². The standard InChI is InChI=1S/C12H14N2O2/c1-13-8-12-14-7-11(16-12)9-4-3-5-10(6-9)15-2/h3-7,13H,8H2,1-2H3. The third-order valence-corrected chi connectivity index (χ3v) is 2.24. The van der Waals surface area contributed by atoms with Crippen molar-refractivity contribution in [3.63, 3.8) is 0 Å². The van der Waals surface area contributed by atoms with Gasteiger partial charge in [-0.2, -0.15) is 0 Å². The highest BCUT2D eigenvalue weighted by molar-refractivity contribution is 5.58. The van der Waals surface area contributed by atoms with E-state index in [1.54, 1.807) is 13.3 Å². The summed E-state index contributed by atoms with van der Waals surface area (Å²) < 4.78 is 10.7. The van der Waals surface area contributed by atoms with Gasteiger partial charge in [-0.05, 0) is 19.2 Å². The number of aromatic nitrogens is 1. The smallest absolute Gasteiger partial charge is 0.208 e. The lowest BCUT2D eigenvalue weighted by molar-refractivity contribution is 0.414. The Morgan fingerprint density at radius 1 is 1.44 bits per heavy atom. The van der Waals surface area contributed by atoms with Gasteiger partial charge in [0.2, 0.25) is 5.89 Å². The van der Waals surface area contributed by atoms with E-state index in [1.807, 2.05) is 31.3 Å². The molecule has 0 fully saturated rings. The zero-order valence-corrected chi connectivity index (χ0v) is 9.36. The van der Waals surface area contributed by atoms with Gasteiger partial charge >= 0.3 is 0 Å². The van der Waals surface area contributed by atoms with E-state index in [0.717, 1.165) is 17.1 Å². The van der Waals surface area contributed by atoms with Gasteiger partial charge in [0.25, 0.3) is 0 Å². The normalized spacial score (nSPS) is 10.4. The van der Waals surface area contributed by atoms with E-state index in [4.69, 9.17) is 9.15 Å². The van der Waals surface area contributed by atoms with Crippen molar-refractivity contribution in [2.24, 2.45) is 0 Å². The minimum absolute atomic E-state index is 0.629. The third-order valence-electron chi connectivity index (χ3n) is 2.24. The molecular formula is C12H14N2O2. The molecule has 84 valence electrons. The monoisotopic (exact) mass is 218 g/mol. The molecule has 1 N–H and O–H groups in total. The molecule has 0 bridgehead atoms. The van der Waals surface area contributed by atoms with Crippen LogP contribution in [0.4, 0.5) is 0 Å². The van der Waals surface area contributed by atoms with E-state index in [0.29, 0.717) is 12.4 Å². The molecule has 0 saturated heterocycles. The van der Waals surface area contributed by atoms with Gasteiger partial charge in [-0.3, -0.25) is 0 Å². The fraction of sp³-hybridized carbons (Fsp3) is 0.250. The SMILES string of the molecule is CNCc1ncc(-c2cccc(OC)c2)o1. The molecule has 4 heteroatoms. The van der Waals surface area contributed by atoms with Crippen LogP contribution in [-0.2, 0) is 6.54 Å². The molecule has 1 aromatic carbocycles. The average Bonchev–Trinajstić information content (AvgIpc) is 2.78. The van der Waals surface area contributed by atoms with Crippen LogP contribution in [0.1, 0.15) is 5.89 Å². The molecule has 0 radical (unpaired) electrons. The molecule has 1 aromatic heterocycles. The minimum atomic E-state index is 0.629. The Morgan fingerprint density at radius 2 is 2.31 bits per heavy atom. The lowest BCUT2D eigenvalue weighted by Gasteiger charge is -2.01. The first-order valence-electron chi connectivity index (χ1n) is 5.07.